The standard InChI is InChI=1S/C25H26ClN3O3/c1-3-32-25(31)23(18-8-10-19(26)11-9-18)28-12-14-29(15-13-28)24(30)21-16-17(2)27-22-7-5-4-6-20(21)22/h4-11,16,23H,3,12-15H2,1-2H3. The number of aryl methyl sites for hydroxylation is 1. The first-order valence-electron chi connectivity index (χ1n) is 10.8. The van der Waals surface area contributed by atoms with Crippen LogP contribution in [0.2, 0.25) is 5.02 Å². The zero-order chi connectivity index (χ0) is 22.7. The highest BCUT2D eigenvalue weighted by Crippen LogP contribution is 2.26. The van der Waals surface area contributed by atoms with E-state index in [1.165, 1.54) is 0 Å². The number of piperazine rings is 1. The third kappa shape index (κ3) is 4.61. The zero-order valence-corrected chi connectivity index (χ0v) is 19.0. The van der Waals surface area contributed by atoms with E-state index in [4.69, 9.17) is 16.3 Å². The smallest absolute Gasteiger partial charge is 0.328 e. The molecule has 6 nitrogen and oxygen atoms in total. The van der Waals surface area contributed by atoms with Crippen LogP contribution < -0.4 is 0 Å². The molecule has 1 saturated heterocycles. The van der Waals surface area contributed by atoms with Gasteiger partial charge < -0.3 is 9.64 Å². The number of hydrogen-bond acceptors (Lipinski definition) is 5. The van der Waals surface area contributed by atoms with Crippen molar-refractivity contribution in [3.05, 3.63) is 76.4 Å². The molecule has 1 fully saturated rings. The molecule has 0 aliphatic carbocycles. The summed E-state index contributed by atoms with van der Waals surface area (Å²) in [7, 11) is 0. The lowest BCUT2D eigenvalue weighted by Gasteiger charge is -2.38. The quantitative estimate of drug-likeness (QED) is 0.542. The van der Waals surface area contributed by atoms with Gasteiger partial charge in [-0.15, -0.1) is 0 Å². The van der Waals surface area contributed by atoms with Crippen molar-refractivity contribution in [1.29, 1.82) is 0 Å². The molecule has 7 heteroatoms. The Morgan fingerprint density at radius 2 is 1.75 bits per heavy atom. The summed E-state index contributed by atoms with van der Waals surface area (Å²) in [5.74, 6) is -0.295. The summed E-state index contributed by atoms with van der Waals surface area (Å²) in [6, 6.07) is 16.3. The van der Waals surface area contributed by atoms with E-state index in [1.807, 2.05) is 54.3 Å². The van der Waals surface area contributed by atoms with Crippen LogP contribution >= 0.6 is 11.6 Å². The van der Waals surface area contributed by atoms with Crippen LogP contribution in [0.15, 0.2) is 54.6 Å². The number of carbonyl (C=O) groups excluding carboxylic acids is 2. The summed E-state index contributed by atoms with van der Waals surface area (Å²) in [6.07, 6.45) is 0. The predicted octanol–water partition coefficient (Wildman–Crippen LogP) is 4.26. The summed E-state index contributed by atoms with van der Waals surface area (Å²) in [5.41, 5.74) is 3.14. The van der Waals surface area contributed by atoms with Crippen LogP contribution in [0.4, 0.5) is 0 Å². The van der Waals surface area contributed by atoms with Crippen molar-refractivity contribution in [2.75, 3.05) is 32.8 Å². The topological polar surface area (TPSA) is 62.7 Å². The van der Waals surface area contributed by atoms with Gasteiger partial charge in [0.05, 0.1) is 17.7 Å². The van der Waals surface area contributed by atoms with Crippen LogP contribution in [-0.2, 0) is 9.53 Å². The molecule has 2 heterocycles. The lowest BCUT2D eigenvalue weighted by atomic mass is 10.0. The molecule has 0 radical (unpaired) electrons. The molecule has 0 spiro atoms. The van der Waals surface area contributed by atoms with E-state index < -0.39 is 6.04 Å². The fourth-order valence-electron chi connectivity index (χ4n) is 4.20. The van der Waals surface area contributed by atoms with Crippen molar-refractivity contribution in [3.8, 4) is 0 Å². The molecular formula is C25H26ClN3O3. The molecule has 1 amide bonds. The molecule has 1 aliphatic heterocycles. The van der Waals surface area contributed by atoms with E-state index in [9.17, 15) is 9.59 Å². The number of ether oxygens (including phenoxy) is 1. The van der Waals surface area contributed by atoms with Gasteiger partial charge in [-0.3, -0.25) is 14.7 Å². The molecule has 4 rings (SSSR count). The number of aromatic nitrogens is 1. The fraction of sp³-hybridized carbons (Fsp3) is 0.320. The highest BCUT2D eigenvalue weighted by atomic mass is 35.5. The zero-order valence-electron chi connectivity index (χ0n) is 18.3. The van der Waals surface area contributed by atoms with Crippen LogP contribution in [0, 0.1) is 6.92 Å². The number of pyridine rings is 1. The number of amides is 1. The number of hydrogen-bond donors (Lipinski definition) is 0. The van der Waals surface area contributed by atoms with Crippen molar-refractivity contribution in [3.63, 3.8) is 0 Å². The van der Waals surface area contributed by atoms with Gasteiger partial charge in [0, 0.05) is 42.3 Å². The summed E-state index contributed by atoms with van der Waals surface area (Å²) >= 11 is 6.03. The van der Waals surface area contributed by atoms with Gasteiger partial charge in [-0.2, -0.15) is 0 Å². The lowest BCUT2D eigenvalue weighted by molar-refractivity contribution is -0.150. The number of rotatable bonds is 5. The number of fused-ring (bicyclic) bond motifs is 1. The number of esters is 1. The largest absolute Gasteiger partial charge is 0.465 e. The van der Waals surface area contributed by atoms with Crippen LogP contribution in [-0.4, -0.2) is 59.4 Å². The normalized spacial score (nSPS) is 15.5. The second-order valence-electron chi connectivity index (χ2n) is 7.86. The SMILES string of the molecule is CCOC(=O)C(c1ccc(Cl)cc1)N1CCN(C(=O)c2cc(C)nc3ccccc23)CC1. The number of carbonyl (C=O) groups is 2. The van der Waals surface area contributed by atoms with Crippen LogP contribution in [0.5, 0.6) is 0 Å². The lowest BCUT2D eigenvalue weighted by Crippen LogP contribution is -2.51. The molecule has 2 aromatic carbocycles. The Morgan fingerprint density at radius 3 is 2.44 bits per heavy atom. The van der Waals surface area contributed by atoms with Gasteiger partial charge in [0.2, 0.25) is 0 Å². The molecule has 1 atom stereocenters. The van der Waals surface area contributed by atoms with Crippen molar-refractivity contribution in [1.82, 2.24) is 14.8 Å². The van der Waals surface area contributed by atoms with Gasteiger partial charge in [0.15, 0.2) is 0 Å². The first-order valence-corrected chi connectivity index (χ1v) is 11.2. The van der Waals surface area contributed by atoms with Gasteiger partial charge in [0.1, 0.15) is 6.04 Å². The van der Waals surface area contributed by atoms with Crippen molar-refractivity contribution in [2.45, 2.75) is 19.9 Å². The highest BCUT2D eigenvalue weighted by molar-refractivity contribution is 6.30. The van der Waals surface area contributed by atoms with Crippen LogP contribution in [0.1, 0.15) is 34.6 Å². The predicted molar refractivity (Wildman–Crippen MR) is 125 cm³/mol. The average Bonchev–Trinajstić information content (AvgIpc) is 2.80. The maximum Gasteiger partial charge on any atom is 0.328 e. The Balaban J connectivity index is 1.53. The Labute approximate surface area is 192 Å². The molecule has 166 valence electrons. The maximum atomic E-state index is 13.4. The second kappa shape index (κ2) is 9.67. The fourth-order valence-corrected chi connectivity index (χ4v) is 4.33. The minimum atomic E-state index is -0.520. The average molecular weight is 452 g/mol. The summed E-state index contributed by atoms with van der Waals surface area (Å²) in [5, 5.41) is 1.47. The molecular weight excluding hydrogens is 426 g/mol. The monoisotopic (exact) mass is 451 g/mol. The maximum absolute atomic E-state index is 13.4. The van der Waals surface area contributed by atoms with Crippen molar-refractivity contribution in [2.24, 2.45) is 0 Å². The molecule has 3 aromatic rings. The van der Waals surface area contributed by atoms with E-state index in [1.54, 1.807) is 19.1 Å². The molecule has 1 aliphatic rings. The molecule has 0 saturated carbocycles. The van der Waals surface area contributed by atoms with Gasteiger partial charge in [0.25, 0.3) is 5.91 Å². The van der Waals surface area contributed by atoms with Gasteiger partial charge in [-0.25, -0.2) is 4.79 Å². The number of nitrogens with zero attached hydrogens (tertiary/aromatic N) is 3. The highest BCUT2D eigenvalue weighted by Gasteiger charge is 2.33. The van der Waals surface area contributed by atoms with E-state index in [2.05, 4.69) is 9.88 Å². The van der Waals surface area contributed by atoms with Crippen molar-refractivity contribution >= 4 is 34.4 Å². The number of para-hydroxylation sites is 1. The third-order valence-corrected chi connectivity index (χ3v) is 5.99. The molecule has 1 aromatic heterocycles. The molecule has 32 heavy (non-hydrogen) atoms. The molecule has 1 unspecified atom stereocenters. The van der Waals surface area contributed by atoms with E-state index in [-0.39, 0.29) is 11.9 Å². The molecule has 0 N–H and O–H groups in total. The van der Waals surface area contributed by atoms with E-state index >= 15 is 0 Å². The van der Waals surface area contributed by atoms with Crippen LogP contribution in [0.3, 0.4) is 0 Å². The van der Waals surface area contributed by atoms with E-state index in [0.717, 1.165) is 22.2 Å². The Kier molecular flexibility index (Phi) is 6.72. The Morgan fingerprint density at radius 1 is 1.06 bits per heavy atom. The number of benzene rings is 2. The first-order chi connectivity index (χ1) is 15.5. The van der Waals surface area contributed by atoms with Crippen LogP contribution in [0.25, 0.3) is 10.9 Å². The Hall–Kier alpha value is -2.96. The molecule has 0 bridgehead atoms. The van der Waals surface area contributed by atoms with Gasteiger partial charge >= 0.3 is 5.97 Å². The van der Waals surface area contributed by atoms with Crippen molar-refractivity contribution < 1.29 is 14.3 Å². The van der Waals surface area contributed by atoms with Gasteiger partial charge in [-0.1, -0.05) is 41.9 Å². The third-order valence-electron chi connectivity index (χ3n) is 5.74. The Bertz CT molecular complexity index is 1120. The number of halogens is 1. The summed E-state index contributed by atoms with van der Waals surface area (Å²) < 4.78 is 5.35. The first kappa shape index (κ1) is 22.2. The summed E-state index contributed by atoms with van der Waals surface area (Å²) in [4.78, 5) is 34.6. The summed E-state index contributed by atoms with van der Waals surface area (Å²) in [6.45, 7) is 6.21. The van der Waals surface area contributed by atoms with Gasteiger partial charge in [-0.05, 0) is 43.7 Å². The minimum absolute atomic E-state index is 0.00877. The second-order valence-corrected chi connectivity index (χ2v) is 8.30. The minimum Gasteiger partial charge on any atom is -0.465 e. The van der Waals surface area contributed by atoms with E-state index in [0.29, 0.717) is 43.4 Å².